The first kappa shape index (κ1) is 20.1. The molecule has 2 aromatic carbocycles. The lowest BCUT2D eigenvalue weighted by Crippen LogP contribution is -2.37. The minimum Gasteiger partial charge on any atom is -0.482 e. The van der Waals surface area contributed by atoms with E-state index in [0.717, 1.165) is 11.0 Å². The van der Waals surface area contributed by atoms with Gasteiger partial charge in [0, 0.05) is 11.9 Å². The number of carbonyl (C=O) groups excluding carboxylic acids is 2. The molecule has 8 heteroatoms. The van der Waals surface area contributed by atoms with Crippen LogP contribution in [0, 0.1) is 5.82 Å². The van der Waals surface area contributed by atoms with E-state index in [1.54, 1.807) is 6.07 Å². The molecule has 2 amide bonds. The molecule has 0 aromatic heterocycles. The number of anilines is 1. The number of amides is 2. The van der Waals surface area contributed by atoms with Gasteiger partial charge in [-0.05, 0) is 36.6 Å². The molecule has 138 valence electrons. The number of carbonyl (C=O) groups is 2. The summed E-state index contributed by atoms with van der Waals surface area (Å²) in [5.74, 6) is -1.01. The van der Waals surface area contributed by atoms with Crippen LogP contribution < -0.4 is 10.1 Å². The molecule has 0 radical (unpaired) electrons. The number of rotatable bonds is 7. The predicted molar refractivity (Wildman–Crippen MR) is 101 cm³/mol. The molecule has 0 aliphatic heterocycles. The number of hydrogen-bond acceptors (Lipinski definition) is 4. The van der Waals surface area contributed by atoms with Crippen LogP contribution in [0.15, 0.2) is 47.4 Å². The van der Waals surface area contributed by atoms with Crippen LogP contribution in [-0.4, -0.2) is 43.2 Å². The first-order valence-electron chi connectivity index (χ1n) is 7.65. The number of nitrogens with one attached hydrogen (secondary N) is 1. The largest absolute Gasteiger partial charge is 0.482 e. The zero-order chi connectivity index (χ0) is 19.1. The number of halogens is 2. The molecule has 5 nitrogen and oxygen atoms in total. The van der Waals surface area contributed by atoms with Crippen molar-refractivity contribution in [3.63, 3.8) is 0 Å². The minimum absolute atomic E-state index is 0.0758. The maximum absolute atomic E-state index is 13.0. The van der Waals surface area contributed by atoms with Crippen LogP contribution in [0.25, 0.3) is 0 Å². The van der Waals surface area contributed by atoms with Gasteiger partial charge in [0.1, 0.15) is 11.6 Å². The summed E-state index contributed by atoms with van der Waals surface area (Å²) in [6, 6.07) is 11.0. The Morgan fingerprint density at radius 1 is 1.27 bits per heavy atom. The highest BCUT2D eigenvalue weighted by Crippen LogP contribution is 2.25. The monoisotopic (exact) mass is 396 g/mol. The fraction of sp³-hybridized carbons (Fsp3) is 0.222. The molecule has 26 heavy (non-hydrogen) atoms. The molecule has 0 atom stereocenters. The smallest absolute Gasteiger partial charge is 0.260 e. The van der Waals surface area contributed by atoms with Crippen molar-refractivity contribution in [3.05, 3.63) is 53.3 Å². The Morgan fingerprint density at radius 2 is 2.00 bits per heavy atom. The summed E-state index contributed by atoms with van der Waals surface area (Å²) in [6.45, 7) is -0.432. The maximum atomic E-state index is 13.0. The first-order chi connectivity index (χ1) is 12.4. The Morgan fingerprint density at radius 3 is 2.69 bits per heavy atom. The Labute approximate surface area is 160 Å². The van der Waals surface area contributed by atoms with Crippen LogP contribution >= 0.6 is 23.4 Å². The Bertz CT molecular complexity index is 804. The number of para-hydroxylation sites is 1. The second-order valence-electron chi connectivity index (χ2n) is 5.36. The molecular formula is C18H18ClFN2O3S. The van der Waals surface area contributed by atoms with Crippen LogP contribution in [0.2, 0.25) is 5.02 Å². The summed E-state index contributed by atoms with van der Waals surface area (Å²) in [6.07, 6.45) is 1.92. The van der Waals surface area contributed by atoms with Gasteiger partial charge < -0.3 is 15.0 Å². The summed E-state index contributed by atoms with van der Waals surface area (Å²) in [4.78, 5) is 26.4. The van der Waals surface area contributed by atoms with E-state index >= 15 is 0 Å². The summed E-state index contributed by atoms with van der Waals surface area (Å²) < 4.78 is 18.3. The van der Waals surface area contributed by atoms with E-state index in [4.69, 9.17) is 16.3 Å². The third-order valence-electron chi connectivity index (χ3n) is 3.43. The van der Waals surface area contributed by atoms with E-state index in [9.17, 15) is 14.0 Å². The van der Waals surface area contributed by atoms with Gasteiger partial charge in [0.05, 0.1) is 17.3 Å². The lowest BCUT2D eigenvalue weighted by Gasteiger charge is -2.18. The van der Waals surface area contributed by atoms with Crippen molar-refractivity contribution in [3.8, 4) is 5.75 Å². The molecule has 0 aliphatic rings. The number of nitrogens with zero attached hydrogens (tertiary/aromatic N) is 1. The summed E-state index contributed by atoms with van der Waals surface area (Å²) >= 11 is 7.36. The zero-order valence-electron chi connectivity index (χ0n) is 14.3. The van der Waals surface area contributed by atoms with Crippen molar-refractivity contribution in [2.24, 2.45) is 0 Å². The average molecular weight is 397 g/mol. The molecule has 2 aromatic rings. The topological polar surface area (TPSA) is 58.6 Å². The van der Waals surface area contributed by atoms with Gasteiger partial charge >= 0.3 is 0 Å². The van der Waals surface area contributed by atoms with Crippen molar-refractivity contribution < 1.29 is 18.7 Å². The van der Waals surface area contributed by atoms with E-state index in [0.29, 0.717) is 5.69 Å². The van der Waals surface area contributed by atoms with Crippen LogP contribution in [0.4, 0.5) is 10.1 Å². The normalized spacial score (nSPS) is 10.3. The third-order valence-corrected chi connectivity index (χ3v) is 4.52. The number of hydrogen-bond donors (Lipinski definition) is 1. The fourth-order valence-corrected chi connectivity index (χ4v) is 2.86. The highest BCUT2D eigenvalue weighted by Gasteiger charge is 2.15. The summed E-state index contributed by atoms with van der Waals surface area (Å²) in [7, 11) is 1.50. The molecule has 2 rings (SSSR count). The second-order valence-corrected chi connectivity index (χ2v) is 6.62. The molecule has 0 spiro atoms. The molecule has 0 fully saturated rings. The third kappa shape index (κ3) is 5.64. The van der Waals surface area contributed by atoms with E-state index in [1.807, 2.05) is 24.5 Å². The molecule has 0 bridgehead atoms. The van der Waals surface area contributed by atoms with Gasteiger partial charge in [0.25, 0.3) is 5.91 Å². The highest BCUT2D eigenvalue weighted by molar-refractivity contribution is 7.98. The number of benzene rings is 2. The van der Waals surface area contributed by atoms with Crippen molar-refractivity contribution in [2.75, 3.05) is 31.8 Å². The molecule has 0 aliphatic carbocycles. The van der Waals surface area contributed by atoms with Gasteiger partial charge in [0.15, 0.2) is 6.61 Å². The van der Waals surface area contributed by atoms with Crippen LogP contribution in [-0.2, 0) is 9.59 Å². The maximum Gasteiger partial charge on any atom is 0.260 e. The number of thioether (sulfide) groups is 1. The number of likely N-dealkylation sites (N-methyl/N-ethyl adjacent to an activating group) is 1. The Kier molecular flexibility index (Phi) is 7.29. The van der Waals surface area contributed by atoms with Crippen molar-refractivity contribution >= 4 is 40.9 Å². The van der Waals surface area contributed by atoms with Crippen molar-refractivity contribution in [2.45, 2.75) is 4.90 Å². The average Bonchev–Trinajstić information content (AvgIpc) is 2.61. The summed E-state index contributed by atoms with van der Waals surface area (Å²) in [5.41, 5.74) is 0.695. The van der Waals surface area contributed by atoms with E-state index in [1.165, 1.54) is 35.8 Å². The molecule has 0 heterocycles. The zero-order valence-corrected chi connectivity index (χ0v) is 15.9. The van der Waals surface area contributed by atoms with Gasteiger partial charge in [-0.2, -0.15) is 0 Å². The first-order valence-corrected chi connectivity index (χ1v) is 9.25. The lowest BCUT2D eigenvalue weighted by atomic mass is 10.3. The fourth-order valence-electron chi connectivity index (χ4n) is 2.08. The van der Waals surface area contributed by atoms with Gasteiger partial charge in [-0.25, -0.2) is 4.39 Å². The van der Waals surface area contributed by atoms with Crippen molar-refractivity contribution in [1.82, 2.24) is 4.90 Å². The molecule has 0 unspecified atom stereocenters. The minimum atomic E-state index is -0.493. The standard InChI is InChI=1S/C18H18ClFN2O3S/c1-22(10-17(23)21-14-5-3-4-6-16(14)26-2)18(24)11-25-15-8-7-12(20)9-13(15)19/h3-9H,10-11H2,1-2H3,(H,21,23). The Hall–Kier alpha value is -2.25. The van der Waals surface area contributed by atoms with Crippen LogP contribution in [0.5, 0.6) is 5.75 Å². The quantitative estimate of drug-likeness (QED) is 0.725. The number of ether oxygens (including phenoxy) is 1. The molecule has 0 saturated heterocycles. The predicted octanol–water partition coefficient (Wildman–Crippen LogP) is 3.68. The Balaban J connectivity index is 1.87. The van der Waals surface area contributed by atoms with E-state index in [-0.39, 0.29) is 29.8 Å². The second kappa shape index (κ2) is 9.45. The lowest BCUT2D eigenvalue weighted by molar-refractivity contribution is -0.135. The van der Waals surface area contributed by atoms with Gasteiger partial charge in [-0.3, -0.25) is 9.59 Å². The van der Waals surface area contributed by atoms with Gasteiger partial charge in [-0.1, -0.05) is 23.7 Å². The summed E-state index contributed by atoms with van der Waals surface area (Å²) in [5, 5.41) is 2.85. The SMILES string of the molecule is CSc1ccccc1NC(=O)CN(C)C(=O)COc1ccc(F)cc1Cl. The molecule has 0 saturated carbocycles. The molecular weight excluding hydrogens is 379 g/mol. The van der Waals surface area contributed by atoms with Crippen LogP contribution in [0.3, 0.4) is 0 Å². The van der Waals surface area contributed by atoms with Gasteiger partial charge in [-0.15, -0.1) is 11.8 Å². The van der Waals surface area contributed by atoms with E-state index < -0.39 is 11.7 Å². The van der Waals surface area contributed by atoms with Crippen molar-refractivity contribution in [1.29, 1.82) is 0 Å². The molecule has 1 N–H and O–H groups in total. The highest BCUT2D eigenvalue weighted by atomic mass is 35.5. The van der Waals surface area contributed by atoms with Crippen LogP contribution in [0.1, 0.15) is 0 Å². The van der Waals surface area contributed by atoms with E-state index in [2.05, 4.69) is 5.32 Å². The van der Waals surface area contributed by atoms with Gasteiger partial charge in [0.2, 0.25) is 5.91 Å².